The van der Waals surface area contributed by atoms with E-state index < -0.39 is 0 Å². The molecule has 3 rings (SSSR count). The van der Waals surface area contributed by atoms with Crippen molar-refractivity contribution >= 4 is 17.5 Å². The Balaban J connectivity index is 1.46. The van der Waals surface area contributed by atoms with Crippen molar-refractivity contribution in [1.29, 1.82) is 0 Å². The Morgan fingerprint density at radius 3 is 2.95 bits per heavy atom. The van der Waals surface area contributed by atoms with Gasteiger partial charge in [-0.25, -0.2) is 10.0 Å². The second-order valence-electron chi connectivity index (χ2n) is 5.35. The fourth-order valence-electron chi connectivity index (χ4n) is 2.59. The first kappa shape index (κ1) is 15.3. The fraction of sp³-hybridized carbons (Fsp3) is 0.438. The summed E-state index contributed by atoms with van der Waals surface area (Å²) >= 11 is 5.99. The van der Waals surface area contributed by atoms with Crippen LogP contribution in [0.2, 0.25) is 5.02 Å². The van der Waals surface area contributed by atoms with Crippen LogP contribution in [0, 0.1) is 0 Å². The highest BCUT2D eigenvalue weighted by molar-refractivity contribution is 6.30. The van der Waals surface area contributed by atoms with Crippen molar-refractivity contribution in [3.8, 4) is 0 Å². The number of rotatable bonds is 4. The Morgan fingerprint density at radius 1 is 1.27 bits per heavy atom. The van der Waals surface area contributed by atoms with Crippen LogP contribution >= 0.6 is 11.6 Å². The molecular formula is C16H21ClN4O. The predicted octanol–water partition coefficient (Wildman–Crippen LogP) is 1.90. The molecule has 2 aliphatic heterocycles. The van der Waals surface area contributed by atoms with Gasteiger partial charge < -0.3 is 15.1 Å². The van der Waals surface area contributed by atoms with Crippen LogP contribution in [0.1, 0.15) is 5.56 Å². The summed E-state index contributed by atoms with van der Waals surface area (Å²) < 4.78 is 5.82. The van der Waals surface area contributed by atoms with Gasteiger partial charge in [-0.15, -0.1) is 0 Å². The van der Waals surface area contributed by atoms with Crippen molar-refractivity contribution in [1.82, 2.24) is 15.3 Å². The lowest BCUT2D eigenvalue weighted by atomic mass is 10.2. The molecule has 0 radical (unpaired) electrons. The Morgan fingerprint density at radius 2 is 2.14 bits per heavy atom. The van der Waals surface area contributed by atoms with E-state index in [0.717, 1.165) is 43.5 Å². The van der Waals surface area contributed by atoms with E-state index in [-0.39, 0.29) is 0 Å². The normalized spacial score (nSPS) is 19.1. The van der Waals surface area contributed by atoms with Crippen LogP contribution in [-0.4, -0.2) is 55.2 Å². The summed E-state index contributed by atoms with van der Waals surface area (Å²) in [7, 11) is 0. The van der Waals surface area contributed by atoms with E-state index in [4.69, 9.17) is 16.3 Å². The lowest BCUT2D eigenvalue weighted by Gasteiger charge is -2.37. The van der Waals surface area contributed by atoms with Gasteiger partial charge in [0, 0.05) is 50.0 Å². The van der Waals surface area contributed by atoms with Gasteiger partial charge in [-0.3, -0.25) is 0 Å². The molecule has 0 amide bonds. The van der Waals surface area contributed by atoms with Crippen LogP contribution in [0.15, 0.2) is 41.7 Å². The van der Waals surface area contributed by atoms with Crippen LogP contribution < -0.4 is 5.32 Å². The van der Waals surface area contributed by atoms with Crippen molar-refractivity contribution < 1.29 is 4.74 Å². The number of hydrogen-bond acceptors (Lipinski definition) is 5. The van der Waals surface area contributed by atoms with Gasteiger partial charge in [-0.05, 0) is 17.7 Å². The van der Waals surface area contributed by atoms with Crippen molar-refractivity contribution in [2.45, 2.75) is 6.42 Å². The third-order valence-electron chi connectivity index (χ3n) is 3.76. The molecule has 0 atom stereocenters. The topological polar surface area (TPSA) is 40.1 Å². The van der Waals surface area contributed by atoms with E-state index in [1.165, 1.54) is 5.56 Å². The van der Waals surface area contributed by atoms with Crippen LogP contribution in [0.25, 0.3) is 0 Å². The molecule has 2 heterocycles. The van der Waals surface area contributed by atoms with Gasteiger partial charge in [0.1, 0.15) is 6.54 Å². The van der Waals surface area contributed by atoms with Crippen LogP contribution in [0.5, 0.6) is 0 Å². The Hall–Kier alpha value is -1.56. The molecule has 1 saturated heterocycles. The minimum atomic E-state index is 0.614. The first-order chi connectivity index (χ1) is 10.8. The molecule has 1 fully saturated rings. The molecule has 6 heteroatoms. The summed E-state index contributed by atoms with van der Waals surface area (Å²) in [6, 6.07) is 7.88. The predicted molar refractivity (Wildman–Crippen MR) is 88.8 cm³/mol. The van der Waals surface area contributed by atoms with Crippen LogP contribution in [-0.2, 0) is 11.2 Å². The van der Waals surface area contributed by atoms with Crippen molar-refractivity contribution in [3.05, 3.63) is 47.3 Å². The maximum atomic E-state index is 5.99. The highest BCUT2D eigenvalue weighted by Gasteiger charge is 2.19. The van der Waals surface area contributed by atoms with Crippen molar-refractivity contribution in [2.24, 2.45) is 4.99 Å². The average molecular weight is 321 g/mol. The summed E-state index contributed by atoms with van der Waals surface area (Å²) in [5.74, 6) is 0.767. The second kappa shape index (κ2) is 7.63. The quantitative estimate of drug-likeness (QED) is 0.920. The van der Waals surface area contributed by atoms with E-state index in [0.29, 0.717) is 13.2 Å². The zero-order valence-electron chi connectivity index (χ0n) is 12.5. The maximum Gasteiger partial charge on any atom is 0.209 e. The molecule has 1 aromatic rings. The number of nitrogens with one attached hydrogen (secondary N) is 1. The molecular weight excluding hydrogens is 300 g/mol. The third-order valence-corrected chi connectivity index (χ3v) is 3.99. The van der Waals surface area contributed by atoms with Gasteiger partial charge in [-0.1, -0.05) is 23.7 Å². The summed E-state index contributed by atoms with van der Waals surface area (Å²) in [6.07, 6.45) is 4.65. The molecule has 118 valence electrons. The Bertz CT molecular complexity index is 555. The molecule has 5 nitrogen and oxygen atoms in total. The van der Waals surface area contributed by atoms with E-state index in [1.54, 1.807) is 6.20 Å². The van der Waals surface area contributed by atoms with E-state index in [1.807, 2.05) is 24.4 Å². The number of halogens is 1. The Kier molecular flexibility index (Phi) is 5.32. The minimum absolute atomic E-state index is 0.614. The highest BCUT2D eigenvalue weighted by Crippen LogP contribution is 2.12. The molecule has 0 bridgehead atoms. The molecule has 1 N–H and O–H groups in total. The molecule has 1 aromatic carbocycles. The van der Waals surface area contributed by atoms with E-state index in [9.17, 15) is 0 Å². The molecule has 0 aliphatic carbocycles. The summed E-state index contributed by atoms with van der Waals surface area (Å²) in [4.78, 5) is 4.33. The smallest absolute Gasteiger partial charge is 0.209 e. The summed E-state index contributed by atoms with van der Waals surface area (Å²) in [5.41, 5.74) is 1.18. The lowest BCUT2D eigenvalue weighted by Crippen LogP contribution is -2.52. The summed E-state index contributed by atoms with van der Waals surface area (Å²) in [6.45, 7) is 5.38. The van der Waals surface area contributed by atoms with Gasteiger partial charge in [0.25, 0.3) is 0 Å². The van der Waals surface area contributed by atoms with Gasteiger partial charge in [-0.2, -0.15) is 0 Å². The molecule has 0 aromatic heterocycles. The molecule has 0 spiro atoms. The zero-order chi connectivity index (χ0) is 15.2. The largest absolute Gasteiger partial charge is 0.479 e. The SMILES string of the molecule is Clc1cccc(CCOC2=NC=CN(N3CCNCC3)C2)c1. The number of piperazine rings is 1. The number of hydrazine groups is 1. The van der Waals surface area contributed by atoms with E-state index in [2.05, 4.69) is 26.4 Å². The molecule has 22 heavy (non-hydrogen) atoms. The van der Waals surface area contributed by atoms with Crippen molar-refractivity contribution in [3.63, 3.8) is 0 Å². The van der Waals surface area contributed by atoms with Gasteiger partial charge in [0.05, 0.1) is 6.61 Å². The van der Waals surface area contributed by atoms with E-state index >= 15 is 0 Å². The first-order valence-corrected chi connectivity index (χ1v) is 8.02. The third kappa shape index (κ3) is 4.22. The highest BCUT2D eigenvalue weighted by atomic mass is 35.5. The lowest BCUT2D eigenvalue weighted by molar-refractivity contribution is 0.0179. The number of aliphatic imine (C=N–C) groups is 1. The fourth-order valence-corrected chi connectivity index (χ4v) is 2.80. The number of ether oxygens (including phenoxy) is 1. The number of hydrogen-bond donors (Lipinski definition) is 1. The monoisotopic (exact) mass is 320 g/mol. The van der Waals surface area contributed by atoms with Crippen LogP contribution in [0.4, 0.5) is 0 Å². The Labute approximate surface area is 136 Å². The standard InChI is InChI=1S/C16H21ClN4O/c17-15-3-1-2-14(12-15)4-11-22-16-13-21(10-7-19-16)20-8-5-18-6-9-20/h1-3,7,10,12,18H,4-6,8-9,11,13H2. The van der Waals surface area contributed by atoms with Gasteiger partial charge in [0.2, 0.25) is 5.90 Å². The van der Waals surface area contributed by atoms with Gasteiger partial charge in [0.15, 0.2) is 0 Å². The van der Waals surface area contributed by atoms with Crippen LogP contribution in [0.3, 0.4) is 0 Å². The molecule has 2 aliphatic rings. The zero-order valence-corrected chi connectivity index (χ0v) is 13.3. The van der Waals surface area contributed by atoms with Gasteiger partial charge >= 0.3 is 0 Å². The maximum absolute atomic E-state index is 5.99. The number of benzene rings is 1. The number of nitrogens with zero attached hydrogens (tertiary/aromatic N) is 3. The first-order valence-electron chi connectivity index (χ1n) is 7.64. The molecule has 0 saturated carbocycles. The average Bonchev–Trinajstić information content (AvgIpc) is 2.56. The van der Waals surface area contributed by atoms with Crippen molar-refractivity contribution in [2.75, 3.05) is 39.3 Å². The molecule has 0 unspecified atom stereocenters. The minimum Gasteiger partial charge on any atom is -0.479 e. The summed E-state index contributed by atoms with van der Waals surface area (Å²) in [5, 5.41) is 8.63. The second-order valence-corrected chi connectivity index (χ2v) is 5.79.